The smallest absolute Gasteiger partial charge is 0.223 e. The van der Waals surface area contributed by atoms with E-state index in [2.05, 4.69) is 0 Å². The van der Waals surface area contributed by atoms with Gasteiger partial charge in [0.15, 0.2) is 0 Å². The third kappa shape index (κ3) is 4.52. The molecule has 3 nitrogen and oxygen atoms in total. The highest BCUT2D eigenvalue weighted by Crippen LogP contribution is 2.27. The summed E-state index contributed by atoms with van der Waals surface area (Å²) in [6, 6.07) is 7.74. The Morgan fingerprint density at radius 2 is 2.17 bits per heavy atom. The Hall–Kier alpha value is -0.710. The van der Waals surface area contributed by atoms with Crippen LogP contribution < -0.4 is 5.73 Å². The fraction of sp³-hybridized carbons (Fsp3) is 0.462. The van der Waals surface area contributed by atoms with Gasteiger partial charge in [-0.3, -0.25) is 4.79 Å². The summed E-state index contributed by atoms with van der Waals surface area (Å²) in [5.41, 5.74) is 5.53. The number of hydrogen-bond donors (Lipinski definition) is 1. The first-order chi connectivity index (χ1) is 8.56. The molecule has 1 rings (SSSR count). The van der Waals surface area contributed by atoms with Gasteiger partial charge in [0.25, 0.3) is 0 Å². The van der Waals surface area contributed by atoms with Crippen LogP contribution in [0.3, 0.4) is 0 Å². The molecule has 0 saturated heterocycles. The zero-order chi connectivity index (χ0) is 13.5. The summed E-state index contributed by atoms with van der Waals surface area (Å²) in [5.74, 6) is 0.844. The maximum atomic E-state index is 11.8. The number of benzene rings is 1. The first-order valence-electron chi connectivity index (χ1n) is 5.89. The standard InChI is InChI=1S/C13H19ClN2OS/c1-10(9-15)16(2)13(17)7-8-18-12-6-4-3-5-11(12)14/h3-6,10H,7-9,15H2,1-2H3. The van der Waals surface area contributed by atoms with Gasteiger partial charge in [-0.05, 0) is 19.1 Å². The van der Waals surface area contributed by atoms with E-state index in [9.17, 15) is 4.79 Å². The van der Waals surface area contributed by atoms with E-state index < -0.39 is 0 Å². The van der Waals surface area contributed by atoms with Crippen molar-refractivity contribution in [2.75, 3.05) is 19.3 Å². The molecule has 0 fully saturated rings. The lowest BCUT2D eigenvalue weighted by Crippen LogP contribution is -2.39. The maximum absolute atomic E-state index is 11.8. The zero-order valence-corrected chi connectivity index (χ0v) is 12.3. The maximum Gasteiger partial charge on any atom is 0.223 e. The Kier molecular flexibility index (Phi) is 6.54. The quantitative estimate of drug-likeness (QED) is 0.818. The lowest BCUT2D eigenvalue weighted by molar-refractivity contribution is -0.131. The summed E-state index contributed by atoms with van der Waals surface area (Å²) in [4.78, 5) is 14.6. The normalized spacial score (nSPS) is 12.2. The molecule has 0 heterocycles. The average Bonchev–Trinajstić information content (AvgIpc) is 2.39. The average molecular weight is 287 g/mol. The molecule has 0 bridgehead atoms. The Balaban J connectivity index is 2.38. The van der Waals surface area contributed by atoms with Crippen LogP contribution in [-0.4, -0.2) is 36.2 Å². The van der Waals surface area contributed by atoms with E-state index in [-0.39, 0.29) is 11.9 Å². The first kappa shape index (κ1) is 15.3. The van der Waals surface area contributed by atoms with Crippen LogP contribution in [0.4, 0.5) is 0 Å². The number of nitrogens with two attached hydrogens (primary N) is 1. The fourth-order valence-electron chi connectivity index (χ4n) is 1.39. The van der Waals surface area contributed by atoms with Gasteiger partial charge >= 0.3 is 0 Å². The van der Waals surface area contributed by atoms with Gasteiger partial charge in [0.1, 0.15) is 0 Å². The molecule has 1 amide bonds. The third-order valence-corrected chi connectivity index (χ3v) is 4.32. The third-order valence-electron chi connectivity index (χ3n) is 2.81. The molecule has 2 N–H and O–H groups in total. The Labute approximate surface area is 118 Å². The van der Waals surface area contributed by atoms with E-state index in [0.29, 0.717) is 13.0 Å². The molecule has 0 aromatic heterocycles. The fourth-order valence-corrected chi connectivity index (χ4v) is 2.57. The summed E-state index contributed by atoms with van der Waals surface area (Å²) in [7, 11) is 1.79. The number of likely N-dealkylation sites (N-methyl/N-ethyl adjacent to an activating group) is 1. The molecule has 18 heavy (non-hydrogen) atoms. The number of nitrogens with zero attached hydrogens (tertiary/aromatic N) is 1. The predicted molar refractivity (Wildman–Crippen MR) is 78.1 cm³/mol. The summed E-state index contributed by atoms with van der Waals surface area (Å²) in [6.07, 6.45) is 0.497. The Morgan fingerprint density at radius 1 is 1.50 bits per heavy atom. The number of rotatable bonds is 6. The van der Waals surface area contributed by atoms with Crippen LogP contribution in [0.1, 0.15) is 13.3 Å². The second kappa shape index (κ2) is 7.67. The van der Waals surface area contributed by atoms with Gasteiger partial charge in [-0.2, -0.15) is 0 Å². The van der Waals surface area contributed by atoms with E-state index in [1.807, 2.05) is 31.2 Å². The first-order valence-corrected chi connectivity index (χ1v) is 7.25. The summed E-state index contributed by atoms with van der Waals surface area (Å²) in [6.45, 7) is 2.43. The van der Waals surface area contributed by atoms with Crippen molar-refractivity contribution < 1.29 is 4.79 Å². The molecule has 0 radical (unpaired) electrons. The van der Waals surface area contributed by atoms with Crippen LogP contribution in [0.5, 0.6) is 0 Å². The van der Waals surface area contributed by atoms with Crippen LogP contribution in [0.2, 0.25) is 5.02 Å². The van der Waals surface area contributed by atoms with E-state index in [0.717, 1.165) is 15.7 Å². The van der Waals surface area contributed by atoms with Gasteiger partial charge in [-0.1, -0.05) is 23.7 Å². The SMILES string of the molecule is CC(CN)N(C)C(=O)CCSc1ccccc1Cl. The lowest BCUT2D eigenvalue weighted by Gasteiger charge is -2.23. The molecular weight excluding hydrogens is 268 g/mol. The van der Waals surface area contributed by atoms with Gasteiger partial charge < -0.3 is 10.6 Å². The molecule has 5 heteroatoms. The van der Waals surface area contributed by atoms with E-state index in [4.69, 9.17) is 17.3 Å². The van der Waals surface area contributed by atoms with Crippen molar-refractivity contribution in [3.8, 4) is 0 Å². The number of amides is 1. The van der Waals surface area contributed by atoms with Crippen LogP contribution in [0.15, 0.2) is 29.2 Å². The monoisotopic (exact) mass is 286 g/mol. The number of thioether (sulfide) groups is 1. The molecule has 0 aliphatic carbocycles. The molecular formula is C13H19ClN2OS. The van der Waals surface area contributed by atoms with Crippen LogP contribution >= 0.6 is 23.4 Å². The van der Waals surface area contributed by atoms with Crippen LogP contribution in [0.25, 0.3) is 0 Å². The van der Waals surface area contributed by atoms with Crippen molar-refractivity contribution in [3.05, 3.63) is 29.3 Å². The molecule has 1 aromatic carbocycles. The molecule has 0 spiro atoms. The van der Waals surface area contributed by atoms with Gasteiger partial charge in [-0.25, -0.2) is 0 Å². The molecule has 0 aliphatic heterocycles. The van der Waals surface area contributed by atoms with E-state index in [1.54, 1.807) is 23.7 Å². The van der Waals surface area contributed by atoms with Gasteiger partial charge in [0, 0.05) is 36.7 Å². The van der Waals surface area contributed by atoms with E-state index >= 15 is 0 Å². The molecule has 0 saturated carbocycles. The highest BCUT2D eigenvalue weighted by atomic mass is 35.5. The molecule has 1 unspecified atom stereocenters. The molecule has 0 aliphatic rings. The minimum Gasteiger partial charge on any atom is -0.342 e. The highest BCUT2D eigenvalue weighted by molar-refractivity contribution is 7.99. The van der Waals surface area contributed by atoms with Gasteiger partial charge in [0.2, 0.25) is 5.91 Å². The topological polar surface area (TPSA) is 46.3 Å². The number of carbonyl (C=O) groups excluding carboxylic acids is 1. The second-order valence-electron chi connectivity index (χ2n) is 4.12. The predicted octanol–water partition coefficient (Wildman–Crippen LogP) is 2.63. The highest BCUT2D eigenvalue weighted by Gasteiger charge is 2.14. The van der Waals surface area contributed by atoms with E-state index in [1.165, 1.54) is 0 Å². The lowest BCUT2D eigenvalue weighted by atomic mass is 10.3. The van der Waals surface area contributed by atoms with Crippen molar-refractivity contribution in [2.45, 2.75) is 24.3 Å². The Morgan fingerprint density at radius 3 is 2.78 bits per heavy atom. The van der Waals surface area contributed by atoms with Crippen molar-refractivity contribution in [1.29, 1.82) is 0 Å². The van der Waals surface area contributed by atoms with Crippen molar-refractivity contribution in [2.24, 2.45) is 5.73 Å². The zero-order valence-electron chi connectivity index (χ0n) is 10.7. The van der Waals surface area contributed by atoms with Crippen LogP contribution in [0, 0.1) is 0 Å². The Bertz CT molecular complexity index is 400. The summed E-state index contributed by atoms with van der Waals surface area (Å²) in [5, 5.41) is 0.735. The minimum atomic E-state index is 0.0859. The number of carbonyl (C=O) groups is 1. The largest absolute Gasteiger partial charge is 0.342 e. The van der Waals surface area contributed by atoms with Crippen LogP contribution in [-0.2, 0) is 4.79 Å². The minimum absolute atomic E-state index is 0.0859. The summed E-state index contributed by atoms with van der Waals surface area (Å²) < 4.78 is 0. The van der Waals surface area contributed by atoms with Gasteiger partial charge in [-0.15, -0.1) is 11.8 Å². The van der Waals surface area contributed by atoms with Gasteiger partial charge in [0.05, 0.1) is 5.02 Å². The molecule has 1 atom stereocenters. The van der Waals surface area contributed by atoms with Crippen molar-refractivity contribution in [3.63, 3.8) is 0 Å². The molecule has 1 aromatic rings. The number of halogens is 1. The van der Waals surface area contributed by atoms with Crippen molar-refractivity contribution >= 4 is 29.3 Å². The van der Waals surface area contributed by atoms with Crippen molar-refractivity contribution in [1.82, 2.24) is 4.90 Å². The molecule has 100 valence electrons. The number of hydrogen-bond acceptors (Lipinski definition) is 3. The second-order valence-corrected chi connectivity index (χ2v) is 5.66. The summed E-state index contributed by atoms with van der Waals surface area (Å²) >= 11 is 7.64.